The second kappa shape index (κ2) is 26.1. The van der Waals surface area contributed by atoms with Crippen molar-refractivity contribution in [2.45, 2.75) is 72.6 Å². The second-order valence-electron chi connectivity index (χ2n) is 17.6. The molecule has 0 aliphatic carbocycles. The molecule has 70 heavy (non-hydrogen) atoms. The molecular formula is C49H60Cl4N4O11S2. The Labute approximate surface area is 430 Å². The molecule has 2 heterocycles. The Balaban J connectivity index is 0.792. The lowest BCUT2D eigenvalue weighted by Crippen LogP contribution is -2.46. The quantitative estimate of drug-likeness (QED) is 0.0517. The van der Waals surface area contributed by atoms with Gasteiger partial charge in [-0.25, -0.2) is 21.6 Å². The molecule has 0 saturated heterocycles. The molecule has 0 aromatic heterocycles. The van der Waals surface area contributed by atoms with E-state index in [0.29, 0.717) is 52.7 Å². The van der Waals surface area contributed by atoms with Crippen LogP contribution >= 0.6 is 46.4 Å². The van der Waals surface area contributed by atoms with Gasteiger partial charge >= 0.3 is 0 Å². The standard InChI is InChI=1S/C49H60Cl4N4O11S2/c1-56-28-40(38-24-34(50)26-44(52)42(38)30-56)32-8-3-10-36(22-32)69(62,63)21-7-17-67-19-20-68-18-14-54-49(61)48(60)47(59)46(58)12-5-15-66-16-6-13-55-70(64,65)37-11-4-9-33(23-37)41-29-57(2)31-43-39(41)25-35(51)27-45(43)53/h3-4,8-11,22-27,40-41,47-48,55,59-60H,5-7,12-21,28-31H2,1-2H3,(H,54,61). The van der Waals surface area contributed by atoms with E-state index >= 15 is 0 Å². The summed E-state index contributed by atoms with van der Waals surface area (Å²) < 4.78 is 72.0. The summed E-state index contributed by atoms with van der Waals surface area (Å²) in [4.78, 5) is 29.5. The molecule has 4 aromatic carbocycles. The number of amides is 1. The smallest absolute Gasteiger partial charge is 0.252 e. The summed E-state index contributed by atoms with van der Waals surface area (Å²) in [5, 5.41) is 25.1. The fourth-order valence-corrected chi connectivity index (χ4v) is 12.2. The highest BCUT2D eigenvalue weighted by Crippen LogP contribution is 2.40. The number of hydrogen-bond acceptors (Lipinski definition) is 13. The number of nitrogens with one attached hydrogen (secondary N) is 2. The van der Waals surface area contributed by atoms with E-state index in [1.807, 2.05) is 38.4 Å². The molecule has 15 nitrogen and oxygen atoms in total. The van der Waals surface area contributed by atoms with E-state index < -0.39 is 43.8 Å². The lowest BCUT2D eigenvalue weighted by atomic mass is 9.85. The number of rotatable bonds is 26. The maximum absolute atomic E-state index is 13.3. The summed E-state index contributed by atoms with van der Waals surface area (Å²) >= 11 is 25.7. The van der Waals surface area contributed by atoms with Crippen molar-refractivity contribution in [1.29, 1.82) is 0 Å². The third kappa shape index (κ3) is 15.4. The monoisotopic (exact) mass is 1080 g/mol. The number of carbonyl (C=O) groups is 2. The number of Topliss-reactive ketones (excluding diaryl/α,β-unsaturated/α-hetero) is 1. The van der Waals surface area contributed by atoms with E-state index in [0.717, 1.165) is 33.4 Å². The van der Waals surface area contributed by atoms with E-state index in [4.69, 9.17) is 60.6 Å². The molecule has 2 aliphatic heterocycles. The third-order valence-corrected chi connectivity index (χ3v) is 16.5. The van der Waals surface area contributed by atoms with E-state index in [2.05, 4.69) is 19.8 Å². The summed E-state index contributed by atoms with van der Waals surface area (Å²) in [7, 11) is -3.45. The van der Waals surface area contributed by atoms with Crippen LogP contribution in [0.3, 0.4) is 0 Å². The fourth-order valence-electron chi connectivity index (χ4n) is 8.61. The van der Waals surface area contributed by atoms with Gasteiger partial charge in [-0.3, -0.25) is 9.59 Å². The highest BCUT2D eigenvalue weighted by Gasteiger charge is 2.31. The van der Waals surface area contributed by atoms with Crippen molar-refractivity contribution in [2.75, 3.05) is 85.7 Å². The van der Waals surface area contributed by atoms with E-state index in [9.17, 15) is 36.6 Å². The van der Waals surface area contributed by atoms with Gasteiger partial charge in [0.15, 0.2) is 21.7 Å². The van der Waals surface area contributed by atoms with Gasteiger partial charge < -0.3 is 39.5 Å². The number of halogens is 4. The summed E-state index contributed by atoms with van der Waals surface area (Å²) in [5.74, 6) is -2.00. The van der Waals surface area contributed by atoms with Crippen molar-refractivity contribution in [2.24, 2.45) is 0 Å². The van der Waals surface area contributed by atoms with Crippen LogP contribution in [0.25, 0.3) is 0 Å². The summed E-state index contributed by atoms with van der Waals surface area (Å²) in [6, 6.07) is 21.0. The molecule has 2 aliphatic rings. The molecule has 4 atom stereocenters. The van der Waals surface area contributed by atoms with Gasteiger partial charge in [-0.2, -0.15) is 0 Å². The molecule has 6 rings (SSSR count). The van der Waals surface area contributed by atoms with Crippen molar-refractivity contribution < 1.29 is 50.8 Å². The fraction of sp³-hybridized carbons (Fsp3) is 0.469. The van der Waals surface area contributed by atoms with Crippen LogP contribution in [0.2, 0.25) is 20.1 Å². The first-order valence-corrected chi connectivity index (χ1v) is 27.6. The number of benzene rings is 4. The number of ether oxygens (including phenoxy) is 3. The number of carbonyl (C=O) groups excluding carboxylic acids is 2. The first-order valence-electron chi connectivity index (χ1n) is 23.0. The molecule has 0 bridgehead atoms. The Morgan fingerprint density at radius 2 is 1.17 bits per heavy atom. The molecule has 0 spiro atoms. The van der Waals surface area contributed by atoms with Crippen LogP contribution in [-0.2, 0) is 56.7 Å². The van der Waals surface area contributed by atoms with Gasteiger partial charge in [-0.05, 0) is 115 Å². The molecule has 4 unspecified atom stereocenters. The number of fused-ring (bicyclic) bond motifs is 2. The van der Waals surface area contributed by atoms with Gasteiger partial charge in [0.25, 0.3) is 5.91 Å². The number of sulfonamides is 1. The molecule has 4 aromatic rings. The summed E-state index contributed by atoms with van der Waals surface area (Å²) in [5.41, 5.74) is 5.60. The minimum atomic E-state index is -3.83. The van der Waals surface area contributed by atoms with Gasteiger partial charge in [0.05, 0.1) is 35.4 Å². The molecule has 21 heteroatoms. The number of ketones is 1. The highest BCUT2D eigenvalue weighted by atomic mass is 35.5. The average Bonchev–Trinajstić information content (AvgIpc) is 3.32. The number of aliphatic hydroxyl groups is 2. The van der Waals surface area contributed by atoms with Crippen LogP contribution in [0.4, 0.5) is 0 Å². The maximum Gasteiger partial charge on any atom is 0.252 e. The molecule has 0 fully saturated rings. The Morgan fingerprint density at radius 3 is 1.77 bits per heavy atom. The Bertz CT molecular complexity index is 2680. The highest BCUT2D eigenvalue weighted by molar-refractivity contribution is 7.91. The predicted octanol–water partition coefficient (Wildman–Crippen LogP) is 6.22. The van der Waals surface area contributed by atoms with Gasteiger partial charge in [0.1, 0.15) is 6.10 Å². The number of nitrogens with zero attached hydrogens (tertiary/aromatic N) is 2. The third-order valence-electron chi connectivity index (χ3n) is 12.2. The Morgan fingerprint density at radius 1 is 0.657 bits per heavy atom. The lowest BCUT2D eigenvalue weighted by molar-refractivity contribution is -0.145. The lowest BCUT2D eigenvalue weighted by Gasteiger charge is -2.33. The summed E-state index contributed by atoms with van der Waals surface area (Å²) in [6.07, 6.45) is -3.24. The van der Waals surface area contributed by atoms with Crippen LogP contribution in [0.15, 0.2) is 82.6 Å². The number of aliphatic hydroxyl groups excluding tert-OH is 2. The van der Waals surface area contributed by atoms with Gasteiger partial charge in [-0.1, -0.05) is 70.7 Å². The number of likely N-dealkylation sites (N-methyl/N-ethyl adjacent to an activating group) is 2. The SMILES string of the molecule is CN1Cc2c(Cl)cc(Cl)cc2C(c2cccc(S(=O)(=O)CCCOCCOCCNC(=O)C(O)C(O)C(=O)CCCOCCCNS(=O)(=O)c3cccc(C4CN(C)Cc5c(Cl)cc(Cl)cc54)c3)c2)C1. The van der Waals surface area contributed by atoms with Crippen LogP contribution in [0.1, 0.15) is 70.9 Å². The van der Waals surface area contributed by atoms with Gasteiger partial charge in [0.2, 0.25) is 10.0 Å². The van der Waals surface area contributed by atoms with Crippen molar-refractivity contribution in [1.82, 2.24) is 19.8 Å². The van der Waals surface area contributed by atoms with Crippen molar-refractivity contribution >= 4 is 78.0 Å². The van der Waals surface area contributed by atoms with Crippen LogP contribution in [-0.4, -0.2) is 146 Å². The Kier molecular flexibility index (Phi) is 20.9. The zero-order valence-electron chi connectivity index (χ0n) is 39.0. The summed E-state index contributed by atoms with van der Waals surface area (Å²) in [6.45, 7) is 3.71. The largest absolute Gasteiger partial charge is 0.382 e. The zero-order chi connectivity index (χ0) is 50.6. The molecule has 0 radical (unpaired) electrons. The number of hydrogen-bond donors (Lipinski definition) is 4. The normalized spacial score (nSPS) is 17.4. The van der Waals surface area contributed by atoms with Crippen LogP contribution < -0.4 is 10.0 Å². The van der Waals surface area contributed by atoms with E-state index in [1.54, 1.807) is 42.5 Å². The topological polar surface area (TPSA) is 201 Å². The molecule has 1 amide bonds. The minimum absolute atomic E-state index is 0.00789. The molecule has 0 saturated carbocycles. The van der Waals surface area contributed by atoms with Gasteiger partial charge in [-0.15, -0.1) is 0 Å². The molecule has 382 valence electrons. The van der Waals surface area contributed by atoms with Gasteiger partial charge in [0, 0.05) is 97.4 Å². The van der Waals surface area contributed by atoms with Crippen molar-refractivity contribution in [3.63, 3.8) is 0 Å². The van der Waals surface area contributed by atoms with E-state index in [-0.39, 0.29) is 99.4 Å². The number of sulfone groups is 1. The van der Waals surface area contributed by atoms with E-state index in [1.165, 1.54) is 6.07 Å². The molecular weight excluding hydrogens is 1030 g/mol. The van der Waals surface area contributed by atoms with Crippen molar-refractivity contribution in [3.05, 3.63) is 126 Å². The predicted molar refractivity (Wildman–Crippen MR) is 270 cm³/mol. The average molecular weight is 1090 g/mol. The van der Waals surface area contributed by atoms with Crippen LogP contribution in [0, 0.1) is 0 Å². The van der Waals surface area contributed by atoms with Crippen LogP contribution in [0.5, 0.6) is 0 Å². The minimum Gasteiger partial charge on any atom is -0.382 e. The maximum atomic E-state index is 13.3. The van der Waals surface area contributed by atoms with Crippen molar-refractivity contribution in [3.8, 4) is 0 Å². The first-order chi connectivity index (χ1) is 33.3. The Hall–Kier alpha value is -3.24. The first kappa shape index (κ1) is 56.1. The zero-order valence-corrected chi connectivity index (χ0v) is 43.7. The second-order valence-corrected chi connectivity index (χ2v) is 23.1. The molecule has 4 N–H and O–H groups in total.